The Morgan fingerprint density at radius 1 is 1.32 bits per heavy atom. The van der Waals surface area contributed by atoms with Gasteiger partial charge in [-0.3, -0.25) is 0 Å². The topological polar surface area (TPSA) is 111 Å². The third kappa shape index (κ3) is 4.07. The van der Waals surface area contributed by atoms with Gasteiger partial charge in [-0.05, 0) is 38.5 Å². The van der Waals surface area contributed by atoms with E-state index in [1.54, 1.807) is 51.1 Å². The van der Waals surface area contributed by atoms with Gasteiger partial charge >= 0.3 is 6.09 Å². The van der Waals surface area contributed by atoms with Gasteiger partial charge in [0, 0.05) is 23.2 Å². The first-order chi connectivity index (χ1) is 13.2. The summed E-state index contributed by atoms with van der Waals surface area (Å²) < 4.78 is 25.6. The molecule has 0 radical (unpaired) electrons. The van der Waals surface area contributed by atoms with Gasteiger partial charge in [-0.15, -0.1) is 0 Å². The highest BCUT2D eigenvalue weighted by Crippen LogP contribution is 2.35. The number of nitrogens with two attached hydrogens (primary N) is 1. The van der Waals surface area contributed by atoms with Crippen molar-refractivity contribution >= 4 is 22.9 Å². The smallest absolute Gasteiger partial charge is 0.407 e. The summed E-state index contributed by atoms with van der Waals surface area (Å²) in [4.78, 5) is 11.8. The van der Waals surface area contributed by atoms with Crippen LogP contribution < -0.4 is 11.1 Å². The number of ether oxygens (including phenoxy) is 1. The summed E-state index contributed by atoms with van der Waals surface area (Å²) in [5.74, 6) is -0.361. The predicted octanol–water partition coefficient (Wildman–Crippen LogP) is 3.73. The fourth-order valence-corrected chi connectivity index (χ4v) is 2.82. The van der Waals surface area contributed by atoms with E-state index in [1.807, 2.05) is 0 Å². The first kappa shape index (κ1) is 19.6. The van der Waals surface area contributed by atoms with E-state index in [9.17, 15) is 9.90 Å². The molecule has 0 bridgehead atoms. The molecular weight excluding hydrogens is 365 g/mol. The maximum atomic E-state index is 15.2. The van der Waals surface area contributed by atoms with Crippen molar-refractivity contribution < 1.29 is 23.6 Å². The number of amides is 1. The third-order valence-corrected chi connectivity index (χ3v) is 4.03. The van der Waals surface area contributed by atoms with Crippen LogP contribution in [0, 0.1) is 5.82 Å². The van der Waals surface area contributed by atoms with Crippen LogP contribution in [0.4, 0.5) is 15.0 Å². The summed E-state index contributed by atoms with van der Waals surface area (Å²) in [7, 11) is 0. The van der Waals surface area contributed by atoms with Crippen molar-refractivity contribution in [1.82, 2.24) is 10.5 Å². The number of nitrogens with zero attached hydrogens (tertiary/aromatic N) is 1. The molecule has 148 valence electrons. The van der Waals surface area contributed by atoms with Crippen LogP contribution in [0.1, 0.15) is 31.9 Å². The maximum absolute atomic E-state index is 15.2. The number of hydrogen-bond acceptors (Lipinski definition) is 6. The van der Waals surface area contributed by atoms with Crippen molar-refractivity contribution in [1.29, 1.82) is 0 Å². The minimum absolute atomic E-state index is 0.0457. The number of anilines is 1. The maximum Gasteiger partial charge on any atom is 0.407 e. The fraction of sp³-hybridized carbons (Fsp3) is 0.300. The van der Waals surface area contributed by atoms with Gasteiger partial charge in [0.05, 0.1) is 12.0 Å². The number of carbonyl (C=O) groups excluding carboxylic acids is 1. The highest BCUT2D eigenvalue weighted by atomic mass is 19.1. The van der Waals surface area contributed by atoms with Gasteiger partial charge in [-0.1, -0.05) is 23.4 Å². The molecule has 1 amide bonds. The monoisotopic (exact) mass is 387 g/mol. The van der Waals surface area contributed by atoms with Gasteiger partial charge in [0.15, 0.2) is 11.4 Å². The standard InChI is InChI=1S/C20H22FN3O4/c1-20(2,3)27-19(26)23-9-12-5-4-6-13(16(12)21)14-7-11(10-25)8-15-17(14)28-24-18(15)22/h4-8,25H,9-10H2,1-3H3,(H2,22,24)(H,23,26). The van der Waals surface area contributed by atoms with Crippen molar-refractivity contribution in [2.24, 2.45) is 0 Å². The molecule has 4 N–H and O–H groups in total. The predicted molar refractivity (Wildman–Crippen MR) is 103 cm³/mol. The minimum Gasteiger partial charge on any atom is -0.444 e. The van der Waals surface area contributed by atoms with E-state index in [-0.39, 0.29) is 30.1 Å². The van der Waals surface area contributed by atoms with Crippen LogP contribution >= 0.6 is 0 Å². The second kappa shape index (κ2) is 7.47. The number of benzene rings is 2. The summed E-state index contributed by atoms with van der Waals surface area (Å²) >= 11 is 0. The first-order valence-electron chi connectivity index (χ1n) is 8.73. The van der Waals surface area contributed by atoms with Gasteiger partial charge in [0.1, 0.15) is 11.4 Å². The van der Waals surface area contributed by atoms with E-state index in [1.165, 1.54) is 0 Å². The van der Waals surface area contributed by atoms with E-state index < -0.39 is 17.5 Å². The van der Waals surface area contributed by atoms with Crippen molar-refractivity contribution in [2.75, 3.05) is 5.73 Å². The summed E-state index contributed by atoms with van der Waals surface area (Å²) in [5.41, 5.74) is 6.98. The van der Waals surface area contributed by atoms with E-state index in [4.69, 9.17) is 15.0 Å². The Bertz CT molecular complexity index is 1020. The van der Waals surface area contributed by atoms with Crippen LogP contribution in [-0.2, 0) is 17.9 Å². The number of halogens is 1. The second-order valence-corrected chi connectivity index (χ2v) is 7.38. The Morgan fingerprint density at radius 3 is 2.75 bits per heavy atom. The number of nitrogens with one attached hydrogen (secondary N) is 1. The molecule has 0 aliphatic heterocycles. The summed E-state index contributed by atoms with van der Waals surface area (Å²) in [6.45, 7) is 4.95. The molecule has 0 atom stereocenters. The first-order valence-corrected chi connectivity index (χ1v) is 8.73. The SMILES string of the molecule is CC(C)(C)OC(=O)NCc1cccc(-c2cc(CO)cc3c(N)noc23)c1F. The van der Waals surface area contributed by atoms with Crippen molar-refractivity contribution in [2.45, 2.75) is 39.5 Å². The summed E-state index contributed by atoms with van der Waals surface area (Å²) in [6, 6.07) is 8.09. The van der Waals surface area contributed by atoms with Gasteiger partial charge < -0.3 is 25.4 Å². The molecule has 2 aromatic carbocycles. The zero-order chi connectivity index (χ0) is 20.5. The van der Waals surface area contributed by atoms with Crippen LogP contribution in [0.3, 0.4) is 0 Å². The molecule has 3 aromatic rings. The van der Waals surface area contributed by atoms with Crippen LogP contribution in [-0.4, -0.2) is 22.0 Å². The van der Waals surface area contributed by atoms with Crippen LogP contribution in [0.15, 0.2) is 34.9 Å². The average molecular weight is 387 g/mol. The Balaban J connectivity index is 1.96. The van der Waals surface area contributed by atoms with Gasteiger partial charge in [-0.25, -0.2) is 9.18 Å². The van der Waals surface area contributed by atoms with Crippen molar-refractivity contribution in [3.63, 3.8) is 0 Å². The fourth-order valence-electron chi connectivity index (χ4n) is 2.82. The molecule has 1 heterocycles. The average Bonchev–Trinajstić information content (AvgIpc) is 3.00. The van der Waals surface area contributed by atoms with E-state index in [0.29, 0.717) is 22.1 Å². The number of fused-ring (bicyclic) bond motifs is 1. The van der Waals surface area contributed by atoms with Crippen molar-refractivity contribution in [3.05, 3.63) is 47.3 Å². The number of nitrogen functional groups attached to an aromatic ring is 1. The quantitative estimate of drug-likeness (QED) is 0.629. The molecule has 0 unspecified atom stereocenters. The molecule has 0 aliphatic rings. The molecule has 0 saturated heterocycles. The lowest BCUT2D eigenvalue weighted by Gasteiger charge is -2.20. The highest BCUT2D eigenvalue weighted by Gasteiger charge is 2.19. The zero-order valence-electron chi connectivity index (χ0n) is 15.9. The summed E-state index contributed by atoms with van der Waals surface area (Å²) in [6.07, 6.45) is -0.634. The number of rotatable bonds is 4. The lowest BCUT2D eigenvalue weighted by molar-refractivity contribution is 0.0523. The Hall–Kier alpha value is -3.13. The van der Waals surface area contributed by atoms with Crippen LogP contribution in [0.25, 0.3) is 22.1 Å². The van der Waals surface area contributed by atoms with Crippen molar-refractivity contribution in [3.8, 4) is 11.1 Å². The number of aliphatic hydroxyl groups excluding tert-OH is 1. The molecule has 1 aromatic heterocycles. The lowest BCUT2D eigenvalue weighted by Crippen LogP contribution is -2.32. The van der Waals surface area contributed by atoms with Crippen LogP contribution in [0.2, 0.25) is 0 Å². The highest BCUT2D eigenvalue weighted by molar-refractivity contribution is 5.98. The van der Waals surface area contributed by atoms with Gasteiger partial charge in [-0.2, -0.15) is 0 Å². The molecule has 28 heavy (non-hydrogen) atoms. The summed E-state index contributed by atoms with van der Waals surface area (Å²) in [5, 5.41) is 16.3. The second-order valence-electron chi connectivity index (χ2n) is 7.38. The van der Waals surface area contributed by atoms with Gasteiger partial charge in [0.25, 0.3) is 0 Å². The van der Waals surface area contributed by atoms with E-state index >= 15 is 4.39 Å². The molecule has 0 saturated carbocycles. The molecule has 0 fully saturated rings. The van der Waals surface area contributed by atoms with E-state index in [0.717, 1.165) is 0 Å². The number of alkyl carbamates (subject to hydrolysis) is 1. The zero-order valence-corrected chi connectivity index (χ0v) is 15.9. The lowest BCUT2D eigenvalue weighted by atomic mass is 9.98. The minimum atomic E-state index is -0.646. The molecule has 3 rings (SSSR count). The van der Waals surface area contributed by atoms with E-state index in [2.05, 4.69) is 10.5 Å². The number of aromatic nitrogens is 1. The van der Waals surface area contributed by atoms with Crippen LogP contribution in [0.5, 0.6) is 0 Å². The molecule has 7 nitrogen and oxygen atoms in total. The number of hydrogen-bond donors (Lipinski definition) is 3. The number of carbonyl (C=O) groups is 1. The molecular formula is C20H22FN3O4. The van der Waals surface area contributed by atoms with Gasteiger partial charge in [0.2, 0.25) is 0 Å². The molecule has 8 heteroatoms. The third-order valence-electron chi connectivity index (χ3n) is 4.03. The largest absolute Gasteiger partial charge is 0.444 e. The Morgan fingerprint density at radius 2 is 2.07 bits per heavy atom. The number of aliphatic hydroxyl groups is 1. The Labute approximate surface area is 161 Å². The molecule has 0 aliphatic carbocycles. The Kier molecular flexibility index (Phi) is 5.24. The normalized spacial score (nSPS) is 11.6. The molecule has 0 spiro atoms.